The summed E-state index contributed by atoms with van der Waals surface area (Å²) >= 11 is 0. The van der Waals surface area contributed by atoms with E-state index in [-0.39, 0.29) is 47.3 Å². The molecule has 10 nitrogen and oxygen atoms in total. The van der Waals surface area contributed by atoms with Crippen LogP contribution in [0, 0.1) is 11.3 Å². The van der Waals surface area contributed by atoms with Crippen molar-refractivity contribution >= 4 is 34.4 Å². The molecule has 0 bridgehead atoms. The summed E-state index contributed by atoms with van der Waals surface area (Å²) in [7, 11) is 0. The number of anilines is 1. The number of nitrogens with one attached hydrogen (secondary N) is 4. The highest BCUT2D eigenvalue weighted by molar-refractivity contribution is 5.94. The van der Waals surface area contributed by atoms with E-state index in [1.165, 1.54) is 18.2 Å². The van der Waals surface area contributed by atoms with Gasteiger partial charge < -0.3 is 25.7 Å². The molecular formula is C34H39F3N6O4. The zero-order valence-corrected chi connectivity index (χ0v) is 25.9. The first-order valence-electron chi connectivity index (χ1n) is 16.1. The summed E-state index contributed by atoms with van der Waals surface area (Å²) in [5.41, 5.74) is 1.00. The van der Waals surface area contributed by atoms with E-state index in [0.717, 1.165) is 5.56 Å². The van der Waals surface area contributed by atoms with Crippen molar-refractivity contribution in [2.75, 3.05) is 38.2 Å². The van der Waals surface area contributed by atoms with Gasteiger partial charge in [0.25, 0.3) is 0 Å². The van der Waals surface area contributed by atoms with E-state index in [1.807, 2.05) is 35.2 Å². The quantitative estimate of drug-likeness (QED) is 0.306. The third-order valence-electron chi connectivity index (χ3n) is 9.50. The van der Waals surface area contributed by atoms with Crippen molar-refractivity contribution in [3.8, 4) is 0 Å². The average molecular weight is 653 g/mol. The molecule has 3 atom stereocenters. The van der Waals surface area contributed by atoms with E-state index < -0.39 is 23.5 Å². The van der Waals surface area contributed by atoms with Crippen LogP contribution in [0.4, 0.5) is 18.9 Å². The zero-order valence-electron chi connectivity index (χ0n) is 25.9. The molecule has 3 aliphatic rings. The monoisotopic (exact) mass is 652 g/mol. The predicted octanol–water partition coefficient (Wildman–Crippen LogP) is 4.20. The molecule has 0 aliphatic carbocycles. The lowest BCUT2D eigenvalue weighted by Gasteiger charge is -2.40. The number of halogens is 3. The van der Waals surface area contributed by atoms with Crippen LogP contribution in [0.5, 0.6) is 0 Å². The van der Waals surface area contributed by atoms with Gasteiger partial charge in [0.2, 0.25) is 23.5 Å². The van der Waals surface area contributed by atoms with Gasteiger partial charge in [0, 0.05) is 44.5 Å². The third kappa shape index (κ3) is 7.84. The van der Waals surface area contributed by atoms with Crippen LogP contribution in [0.15, 0.2) is 60.7 Å². The highest BCUT2D eigenvalue weighted by Gasteiger charge is 2.42. The molecule has 2 fully saturated rings. The minimum Gasteiger partial charge on any atom is -0.381 e. The SMILES string of the molecule is O=C(CN1CC[C@@H]2NC(=O)[C@@H](Cc3ccccc3)NC(=O)C3(CC=CC[C@@H]2C1)CCOCC3)Nc1ccc2nc(C(F)(F)F)[nH]c2c1. The molecule has 1 spiro atoms. The highest BCUT2D eigenvalue weighted by Crippen LogP contribution is 2.36. The minimum atomic E-state index is -4.60. The predicted molar refractivity (Wildman–Crippen MR) is 169 cm³/mol. The van der Waals surface area contributed by atoms with Gasteiger partial charge in [0.15, 0.2) is 0 Å². The lowest BCUT2D eigenvalue weighted by Crippen LogP contribution is -2.58. The number of allylic oxidation sites excluding steroid dienone is 2. The molecule has 3 amide bonds. The summed E-state index contributed by atoms with van der Waals surface area (Å²) in [5, 5.41) is 9.12. The number of aromatic amines is 1. The summed E-state index contributed by atoms with van der Waals surface area (Å²) in [6.45, 7) is 2.19. The van der Waals surface area contributed by atoms with Crippen LogP contribution < -0.4 is 16.0 Å². The van der Waals surface area contributed by atoms with Gasteiger partial charge in [-0.1, -0.05) is 42.5 Å². The van der Waals surface area contributed by atoms with Crippen LogP contribution in [-0.2, 0) is 31.7 Å². The van der Waals surface area contributed by atoms with Crippen LogP contribution in [0.2, 0.25) is 0 Å². The Kier molecular flexibility index (Phi) is 9.65. The Balaban J connectivity index is 1.14. The number of ether oxygens (including phenoxy) is 1. The maximum atomic E-state index is 13.8. The smallest absolute Gasteiger partial charge is 0.381 e. The number of carbonyl (C=O) groups excluding carboxylic acids is 3. The Labute approximate surface area is 270 Å². The van der Waals surface area contributed by atoms with Crippen LogP contribution in [0.3, 0.4) is 0 Å². The molecule has 13 heteroatoms. The van der Waals surface area contributed by atoms with Gasteiger partial charge in [-0.25, -0.2) is 4.98 Å². The van der Waals surface area contributed by atoms with Gasteiger partial charge >= 0.3 is 6.18 Å². The van der Waals surface area contributed by atoms with E-state index in [2.05, 4.69) is 38.1 Å². The van der Waals surface area contributed by atoms with Gasteiger partial charge in [-0.15, -0.1) is 0 Å². The molecule has 4 heterocycles. The van der Waals surface area contributed by atoms with Crippen LogP contribution in [0.25, 0.3) is 11.0 Å². The molecule has 0 radical (unpaired) electrons. The van der Waals surface area contributed by atoms with Crippen molar-refractivity contribution in [2.45, 2.75) is 56.8 Å². The molecule has 1 aromatic heterocycles. The van der Waals surface area contributed by atoms with Crippen molar-refractivity contribution < 1.29 is 32.3 Å². The first-order chi connectivity index (χ1) is 22.6. The second-order valence-electron chi connectivity index (χ2n) is 12.8. The number of aromatic nitrogens is 2. The van der Waals surface area contributed by atoms with Gasteiger partial charge in [0.05, 0.1) is 23.0 Å². The number of H-pyrrole nitrogens is 1. The van der Waals surface area contributed by atoms with Crippen LogP contribution >= 0.6 is 0 Å². The first kappa shape index (κ1) is 32.7. The maximum absolute atomic E-state index is 13.8. The second kappa shape index (κ2) is 13.9. The summed E-state index contributed by atoms with van der Waals surface area (Å²) in [4.78, 5) is 48.4. The summed E-state index contributed by atoms with van der Waals surface area (Å²) in [6, 6.07) is 13.1. The number of carbonyl (C=O) groups is 3. The normalized spacial score (nSPS) is 24.1. The zero-order chi connectivity index (χ0) is 33.0. The maximum Gasteiger partial charge on any atom is 0.449 e. The molecule has 6 rings (SSSR count). The Morgan fingerprint density at radius 2 is 1.85 bits per heavy atom. The standard InChI is InChI=1S/C34H39F3N6O4/c35-34(36,37)31-40-26-10-9-24(19-27(26)41-31)38-29(44)21-43-15-11-25-23(20-43)8-4-5-12-33(13-16-47-17-14-33)32(46)42-28(30(45)39-25)18-22-6-2-1-3-7-22/h1-7,9-10,19,23,25,28H,8,11-18,20-21H2,(H,38,44)(H,39,45)(H,40,41)(H,42,46)/t23-,25+,28-/m1/s1. The average Bonchev–Trinajstić information content (AvgIpc) is 3.49. The number of benzene rings is 2. The first-order valence-corrected chi connectivity index (χ1v) is 16.1. The lowest BCUT2D eigenvalue weighted by atomic mass is 9.75. The van der Waals surface area contributed by atoms with Crippen molar-refractivity contribution in [1.82, 2.24) is 25.5 Å². The van der Waals surface area contributed by atoms with E-state index in [9.17, 15) is 27.6 Å². The molecule has 2 aromatic carbocycles. The molecule has 4 N–H and O–H groups in total. The van der Waals surface area contributed by atoms with Crippen molar-refractivity contribution in [1.29, 1.82) is 0 Å². The van der Waals surface area contributed by atoms with Gasteiger partial charge in [-0.05, 0) is 61.8 Å². The summed E-state index contributed by atoms with van der Waals surface area (Å²) in [5.74, 6) is -1.70. The van der Waals surface area contributed by atoms with Crippen molar-refractivity contribution in [2.24, 2.45) is 11.3 Å². The number of fused-ring (bicyclic) bond motifs is 2. The van der Waals surface area contributed by atoms with Gasteiger partial charge in [0.1, 0.15) is 6.04 Å². The van der Waals surface area contributed by atoms with Gasteiger partial charge in [-0.3, -0.25) is 19.3 Å². The Bertz CT molecular complexity index is 1620. The number of rotatable bonds is 5. The molecule has 2 saturated heterocycles. The molecule has 0 unspecified atom stereocenters. The summed E-state index contributed by atoms with van der Waals surface area (Å²) < 4.78 is 44.7. The largest absolute Gasteiger partial charge is 0.449 e. The molecule has 3 aromatic rings. The number of amides is 3. The Morgan fingerprint density at radius 1 is 1.06 bits per heavy atom. The Morgan fingerprint density at radius 3 is 2.62 bits per heavy atom. The number of likely N-dealkylation sites (tertiary alicyclic amines) is 1. The molecule has 250 valence electrons. The summed E-state index contributed by atoms with van der Waals surface area (Å²) in [6.07, 6.45) is 2.91. The molecule has 0 saturated carbocycles. The number of alkyl halides is 3. The van der Waals surface area contributed by atoms with E-state index in [4.69, 9.17) is 4.74 Å². The van der Waals surface area contributed by atoms with E-state index in [0.29, 0.717) is 70.5 Å². The number of imidazole rings is 1. The third-order valence-corrected chi connectivity index (χ3v) is 9.50. The topological polar surface area (TPSA) is 128 Å². The number of piperidine rings is 1. The lowest BCUT2D eigenvalue weighted by molar-refractivity contribution is -0.144. The van der Waals surface area contributed by atoms with Gasteiger partial charge in [-0.2, -0.15) is 13.2 Å². The fourth-order valence-electron chi connectivity index (χ4n) is 6.82. The number of hydrogen-bond acceptors (Lipinski definition) is 6. The van der Waals surface area contributed by atoms with Crippen LogP contribution in [0.1, 0.15) is 43.5 Å². The number of hydrogen-bond donors (Lipinski definition) is 4. The van der Waals surface area contributed by atoms with Crippen molar-refractivity contribution in [3.63, 3.8) is 0 Å². The molecule has 47 heavy (non-hydrogen) atoms. The number of nitrogens with zero attached hydrogens (tertiary/aromatic N) is 2. The van der Waals surface area contributed by atoms with E-state index >= 15 is 0 Å². The fourth-order valence-corrected chi connectivity index (χ4v) is 6.82. The van der Waals surface area contributed by atoms with E-state index in [1.54, 1.807) is 0 Å². The second-order valence-corrected chi connectivity index (χ2v) is 12.8. The minimum absolute atomic E-state index is 0.0250. The molecular weight excluding hydrogens is 613 g/mol. The van der Waals surface area contributed by atoms with Crippen LogP contribution in [-0.4, -0.2) is 77.5 Å². The Hall–Kier alpha value is -4.23. The fraction of sp³-hybridized carbons (Fsp3) is 0.471. The van der Waals surface area contributed by atoms with Crippen molar-refractivity contribution in [3.05, 3.63) is 72.1 Å². The molecule has 3 aliphatic heterocycles. The highest BCUT2D eigenvalue weighted by atomic mass is 19.4.